The van der Waals surface area contributed by atoms with Crippen LogP contribution in [0.2, 0.25) is 0 Å². The molecule has 0 fully saturated rings. The van der Waals surface area contributed by atoms with Crippen LogP contribution in [0, 0.1) is 0 Å². The molecular formula is C19H20IP. The monoisotopic (exact) mass is 406 g/mol. The highest BCUT2D eigenvalue weighted by molar-refractivity contribution is 7.79. The van der Waals surface area contributed by atoms with Gasteiger partial charge in [0.2, 0.25) is 0 Å². The zero-order chi connectivity index (χ0) is 12.9. The van der Waals surface area contributed by atoms with Crippen LogP contribution in [0.3, 0.4) is 0 Å². The number of benzene rings is 3. The van der Waals surface area contributed by atoms with E-state index in [1.54, 1.807) is 0 Å². The van der Waals surface area contributed by atoms with E-state index in [4.69, 9.17) is 0 Å². The molecule has 0 N–H and O–H groups in total. The van der Waals surface area contributed by atoms with Crippen molar-refractivity contribution in [2.75, 3.05) is 0 Å². The van der Waals surface area contributed by atoms with Crippen LogP contribution < -0.4 is 39.9 Å². The van der Waals surface area contributed by atoms with Crippen molar-refractivity contribution >= 4 is 23.8 Å². The zero-order valence-corrected chi connectivity index (χ0v) is 14.2. The van der Waals surface area contributed by atoms with E-state index in [-0.39, 0.29) is 31.4 Å². The van der Waals surface area contributed by atoms with Gasteiger partial charge in [0, 0.05) is 0 Å². The van der Waals surface area contributed by atoms with E-state index in [2.05, 4.69) is 91.0 Å². The van der Waals surface area contributed by atoms with E-state index in [0.29, 0.717) is 0 Å². The van der Waals surface area contributed by atoms with Gasteiger partial charge < -0.3 is 24.0 Å². The third-order valence-corrected chi connectivity index (χ3v) is 5.92. The molecule has 3 aromatic rings. The van der Waals surface area contributed by atoms with Crippen molar-refractivity contribution in [2.45, 2.75) is 7.43 Å². The van der Waals surface area contributed by atoms with Gasteiger partial charge in [0.15, 0.2) is 0 Å². The molecule has 0 aliphatic carbocycles. The molecule has 2 heteroatoms. The minimum Gasteiger partial charge on any atom is -1.00 e. The lowest BCUT2D eigenvalue weighted by Crippen LogP contribution is -3.00. The molecule has 0 aromatic heterocycles. The fourth-order valence-corrected chi connectivity index (χ4v) is 4.89. The van der Waals surface area contributed by atoms with Crippen LogP contribution in [0.1, 0.15) is 7.43 Å². The Morgan fingerprint density at radius 3 is 0.905 bits per heavy atom. The van der Waals surface area contributed by atoms with Crippen LogP contribution in [0.4, 0.5) is 0 Å². The summed E-state index contributed by atoms with van der Waals surface area (Å²) in [4.78, 5) is 0. The molecular weight excluding hydrogens is 386 g/mol. The van der Waals surface area contributed by atoms with Crippen molar-refractivity contribution in [1.29, 1.82) is 0 Å². The molecule has 0 aliphatic rings. The standard InChI is InChI=1S/C18H15P.CH4.HI/c1-4-10-16(11-5-1)19(17-12-6-2-7-13-17)18-14-8-3-9-15-18;;/h1-15H;1H4;1H. The summed E-state index contributed by atoms with van der Waals surface area (Å²) in [6.07, 6.45) is 0. The minimum absolute atomic E-state index is 0. The van der Waals surface area contributed by atoms with E-state index in [1.165, 1.54) is 15.9 Å². The van der Waals surface area contributed by atoms with E-state index in [1.807, 2.05) is 0 Å². The molecule has 0 nitrogen and oxygen atoms in total. The van der Waals surface area contributed by atoms with Crippen LogP contribution in [-0.2, 0) is 0 Å². The van der Waals surface area contributed by atoms with Gasteiger partial charge >= 0.3 is 0 Å². The van der Waals surface area contributed by atoms with Gasteiger partial charge in [-0.1, -0.05) is 62.0 Å². The largest absolute Gasteiger partial charge is 1.00 e. The van der Waals surface area contributed by atoms with Crippen LogP contribution in [0.5, 0.6) is 0 Å². The lowest BCUT2D eigenvalue weighted by Gasteiger charge is -2.10. The summed E-state index contributed by atoms with van der Waals surface area (Å²) in [7, 11) is -0.877. The summed E-state index contributed by atoms with van der Waals surface area (Å²) in [5.41, 5.74) is 0. The van der Waals surface area contributed by atoms with E-state index < -0.39 is 7.92 Å². The fourth-order valence-electron chi connectivity index (χ4n) is 2.31. The molecule has 0 amide bonds. The Morgan fingerprint density at radius 2 is 0.667 bits per heavy atom. The first-order valence-corrected chi connectivity index (χ1v) is 7.98. The molecule has 0 radical (unpaired) electrons. The van der Waals surface area contributed by atoms with Crippen molar-refractivity contribution in [3.63, 3.8) is 0 Å². The molecule has 0 atom stereocenters. The molecule has 3 aromatic carbocycles. The predicted octanol–water partition coefficient (Wildman–Crippen LogP) is 0.817. The highest BCUT2D eigenvalue weighted by Crippen LogP contribution is 2.32. The Morgan fingerprint density at radius 1 is 0.429 bits per heavy atom. The normalized spacial score (nSPS) is 9.57. The highest BCUT2D eigenvalue weighted by atomic mass is 127. The first-order chi connectivity index (χ1) is 9.45. The number of hydrogen-bond donors (Lipinski definition) is 0. The van der Waals surface area contributed by atoms with Crippen molar-refractivity contribution < 1.29 is 24.0 Å². The summed E-state index contributed by atoms with van der Waals surface area (Å²) in [6, 6.07) is 32.5. The third kappa shape index (κ3) is 4.39. The highest BCUT2D eigenvalue weighted by Gasteiger charge is 2.24. The van der Waals surface area contributed by atoms with Crippen molar-refractivity contribution in [2.24, 2.45) is 0 Å². The first kappa shape index (κ1) is 17.9. The van der Waals surface area contributed by atoms with Crippen LogP contribution in [0.15, 0.2) is 91.0 Å². The fraction of sp³-hybridized carbons (Fsp3) is 0.0526. The molecule has 0 bridgehead atoms. The quantitative estimate of drug-likeness (QED) is 0.447. The molecule has 108 valence electrons. The molecule has 0 saturated carbocycles. The summed E-state index contributed by atoms with van der Waals surface area (Å²) in [6.45, 7) is 0. The summed E-state index contributed by atoms with van der Waals surface area (Å²) in [5, 5.41) is 4.31. The van der Waals surface area contributed by atoms with Gasteiger partial charge in [-0.2, -0.15) is 0 Å². The second kappa shape index (κ2) is 8.96. The maximum absolute atomic E-state index is 2.24. The third-order valence-electron chi connectivity index (χ3n) is 3.19. The van der Waals surface area contributed by atoms with Crippen LogP contribution in [0.25, 0.3) is 0 Å². The second-order valence-corrected chi connectivity index (χ2v) is 6.96. The number of hydrogen-bond acceptors (Lipinski definition) is 0. The number of rotatable bonds is 3. The Labute approximate surface area is 146 Å². The molecule has 0 heterocycles. The summed E-state index contributed by atoms with van der Waals surface area (Å²) >= 11 is 0. The van der Waals surface area contributed by atoms with Gasteiger partial charge in [-0.25, -0.2) is 0 Å². The second-order valence-electron chi connectivity index (χ2n) is 4.47. The van der Waals surface area contributed by atoms with E-state index in [0.717, 1.165) is 0 Å². The van der Waals surface area contributed by atoms with E-state index >= 15 is 0 Å². The topological polar surface area (TPSA) is 0 Å². The maximum Gasteiger partial charge on any atom is 0.102 e. The van der Waals surface area contributed by atoms with Gasteiger partial charge in [-0.3, -0.25) is 0 Å². The lowest BCUT2D eigenvalue weighted by molar-refractivity contribution is -0.00000397. The van der Waals surface area contributed by atoms with Crippen LogP contribution in [-0.4, -0.2) is 0 Å². The van der Waals surface area contributed by atoms with Gasteiger partial charge in [0.1, 0.15) is 15.9 Å². The van der Waals surface area contributed by atoms with E-state index in [9.17, 15) is 0 Å². The number of halogens is 1. The van der Waals surface area contributed by atoms with Gasteiger partial charge in [0.25, 0.3) is 0 Å². The van der Waals surface area contributed by atoms with Crippen molar-refractivity contribution in [3.8, 4) is 0 Å². The predicted molar refractivity (Wildman–Crippen MR) is 93.3 cm³/mol. The molecule has 3 rings (SSSR count). The Hall–Kier alpha value is -1.18. The van der Waals surface area contributed by atoms with Gasteiger partial charge in [-0.05, 0) is 36.4 Å². The Balaban J connectivity index is 0.00000110. The first-order valence-electron chi connectivity index (χ1n) is 6.48. The van der Waals surface area contributed by atoms with Gasteiger partial charge in [0.05, 0.1) is 7.92 Å². The lowest BCUT2D eigenvalue weighted by atomic mass is 10.4. The van der Waals surface area contributed by atoms with Gasteiger partial charge in [-0.15, -0.1) is 0 Å². The average Bonchev–Trinajstić information content (AvgIpc) is 2.51. The molecule has 21 heavy (non-hydrogen) atoms. The Kier molecular flexibility index (Phi) is 7.63. The van der Waals surface area contributed by atoms with Crippen LogP contribution >= 0.6 is 7.92 Å². The summed E-state index contributed by atoms with van der Waals surface area (Å²) in [5.74, 6) is 0. The summed E-state index contributed by atoms with van der Waals surface area (Å²) < 4.78 is 0. The molecule has 0 aliphatic heterocycles. The zero-order valence-electron chi connectivity index (χ0n) is 11.0. The maximum atomic E-state index is 2.24. The molecule has 0 unspecified atom stereocenters. The minimum atomic E-state index is -0.877. The Bertz CT molecular complexity index is 530. The molecule has 0 spiro atoms. The SMILES string of the molecule is C.[I-].c1ccc([PH+](c2ccccc2)c2ccccc2)cc1. The average molecular weight is 406 g/mol. The smallest absolute Gasteiger partial charge is 0.102 e. The van der Waals surface area contributed by atoms with Crippen molar-refractivity contribution in [1.82, 2.24) is 0 Å². The molecule has 0 saturated heterocycles. The van der Waals surface area contributed by atoms with Crippen molar-refractivity contribution in [3.05, 3.63) is 91.0 Å².